The van der Waals surface area contributed by atoms with Gasteiger partial charge in [-0.15, -0.1) is 0 Å². The molecule has 0 aromatic rings. The Kier molecular flexibility index (Phi) is 1.12. The van der Waals surface area contributed by atoms with Crippen LogP contribution in [0.3, 0.4) is 0 Å². The van der Waals surface area contributed by atoms with Crippen LogP contribution < -0.4 is 4.72 Å². The lowest BCUT2D eigenvalue weighted by atomic mass is 9.88. The van der Waals surface area contributed by atoms with E-state index in [1.807, 2.05) is 0 Å². The van der Waals surface area contributed by atoms with E-state index in [1.54, 1.807) is 11.9 Å². The second kappa shape index (κ2) is 1.94. The molecule has 2 bridgehead atoms. The lowest BCUT2D eigenvalue weighted by Crippen LogP contribution is -2.27. The molecule has 4 atom stereocenters. The molecule has 0 spiro atoms. The quantitative estimate of drug-likeness (QED) is 0.552. The minimum atomic E-state index is 0.312. The van der Waals surface area contributed by atoms with Crippen LogP contribution in [0.4, 0.5) is 0 Å². The fourth-order valence-electron chi connectivity index (χ4n) is 2.97. The Morgan fingerprint density at radius 2 is 2.18 bits per heavy atom. The highest BCUT2D eigenvalue weighted by Crippen LogP contribution is 2.55. The van der Waals surface area contributed by atoms with Gasteiger partial charge in [-0.1, -0.05) is 0 Å². The Morgan fingerprint density at radius 3 is 3.00 bits per heavy atom. The molecule has 1 saturated heterocycles. The number of rotatable bonds is 0. The summed E-state index contributed by atoms with van der Waals surface area (Å²) in [5.74, 6) is 2.29. The Bertz CT molecular complexity index is 218. The summed E-state index contributed by atoms with van der Waals surface area (Å²) in [6, 6.07) is 0. The number of hydrogen-bond acceptors (Lipinski definition) is 2. The monoisotopic (exact) mass is 169 g/mol. The maximum absolute atomic E-state index is 11.3. The molecule has 1 amide bonds. The molecular formula is C8H11NOS. The highest BCUT2D eigenvalue weighted by molar-refractivity contribution is 7.99. The van der Waals surface area contributed by atoms with Gasteiger partial charge in [-0.3, -0.25) is 9.52 Å². The van der Waals surface area contributed by atoms with Crippen LogP contribution in [-0.2, 0) is 4.79 Å². The molecular weight excluding hydrogens is 158 g/mol. The van der Waals surface area contributed by atoms with E-state index in [1.165, 1.54) is 19.3 Å². The van der Waals surface area contributed by atoms with Crippen molar-refractivity contribution in [3.05, 3.63) is 0 Å². The van der Waals surface area contributed by atoms with Crippen LogP contribution in [0.5, 0.6) is 0 Å². The first-order valence-corrected chi connectivity index (χ1v) is 5.20. The zero-order valence-electron chi connectivity index (χ0n) is 6.25. The Labute approximate surface area is 70.2 Å². The van der Waals surface area contributed by atoms with Crippen LogP contribution in [0.2, 0.25) is 0 Å². The molecule has 1 N–H and O–H groups in total. The van der Waals surface area contributed by atoms with Crippen LogP contribution in [0, 0.1) is 17.8 Å². The highest BCUT2D eigenvalue weighted by Gasteiger charge is 2.54. The Balaban J connectivity index is 1.97. The first kappa shape index (κ1) is 6.35. The molecule has 1 aliphatic heterocycles. The summed E-state index contributed by atoms with van der Waals surface area (Å²) in [4.78, 5) is 11.3. The van der Waals surface area contributed by atoms with E-state index in [2.05, 4.69) is 4.72 Å². The first-order valence-electron chi connectivity index (χ1n) is 4.32. The van der Waals surface area contributed by atoms with Crippen molar-refractivity contribution in [1.82, 2.24) is 4.72 Å². The maximum atomic E-state index is 11.3. The van der Waals surface area contributed by atoms with Crippen molar-refractivity contribution in [3.8, 4) is 0 Å². The first-order chi connectivity index (χ1) is 5.36. The second-order valence-electron chi connectivity index (χ2n) is 3.91. The molecule has 2 nitrogen and oxygen atoms in total. The summed E-state index contributed by atoms with van der Waals surface area (Å²) < 4.78 is 2.90. The Hall–Kier alpha value is -0.180. The smallest absolute Gasteiger partial charge is 0.234 e. The zero-order chi connectivity index (χ0) is 7.42. The molecule has 4 unspecified atom stereocenters. The van der Waals surface area contributed by atoms with E-state index in [0.717, 1.165) is 11.8 Å². The molecule has 3 rings (SSSR count). The van der Waals surface area contributed by atoms with Crippen LogP contribution in [0.15, 0.2) is 0 Å². The Morgan fingerprint density at radius 1 is 1.36 bits per heavy atom. The maximum Gasteiger partial charge on any atom is 0.234 e. The molecule has 60 valence electrons. The van der Waals surface area contributed by atoms with Gasteiger partial charge in [0.05, 0.1) is 5.92 Å². The molecule has 3 aliphatic rings. The molecule has 1 heterocycles. The van der Waals surface area contributed by atoms with Crippen LogP contribution in [0.1, 0.15) is 19.3 Å². The molecule has 0 aromatic heterocycles. The largest absolute Gasteiger partial charge is 0.300 e. The van der Waals surface area contributed by atoms with Crippen molar-refractivity contribution in [2.45, 2.75) is 24.5 Å². The van der Waals surface area contributed by atoms with Crippen molar-refractivity contribution in [1.29, 1.82) is 0 Å². The molecule has 2 saturated carbocycles. The predicted octanol–water partition coefficient (Wildman–Crippen LogP) is 1.18. The van der Waals surface area contributed by atoms with E-state index < -0.39 is 0 Å². The summed E-state index contributed by atoms with van der Waals surface area (Å²) in [5, 5.41) is 0.640. The molecule has 11 heavy (non-hydrogen) atoms. The lowest BCUT2D eigenvalue weighted by molar-refractivity contribution is -0.123. The van der Waals surface area contributed by atoms with Gasteiger partial charge < -0.3 is 0 Å². The number of amides is 1. The minimum Gasteiger partial charge on any atom is -0.300 e. The van der Waals surface area contributed by atoms with Gasteiger partial charge >= 0.3 is 0 Å². The molecule has 0 aromatic carbocycles. The van der Waals surface area contributed by atoms with Crippen LogP contribution >= 0.6 is 11.9 Å². The van der Waals surface area contributed by atoms with Gasteiger partial charge in [-0.25, -0.2) is 0 Å². The van der Waals surface area contributed by atoms with Gasteiger partial charge in [0, 0.05) is 5.25 Å². The average molecular weight is 169 g/mol. The normalized spacial score (nSPS) is 52.9. The topological polar surface area (TPSA) is 29.1 Å². The van der Waals surface area contributed by atoms with Gasteiger partial charge in [0.2, 0.25) is 5.91 Å². The van der Waals surface area contributed by atoms with Gasteiger partial charge in [0.15, 0.2) is 0 Å². The van der Waals surface area contributed by atoms with Crippen LogP contribution in [0.25, 0.3) is 0 Å². The number of nitrogens with one attached hydrogen (secondary N) is 1. The summed E-state index contributed by atoms with van der Waals surface area (Å²) >= 11 is 1.68. The zero-order valence-corrected chi connectivity index (χ0v) is 7.06. The number of carbonyl (C=O) groups is 1. The average Bonchev–Trinajstić information content (AvgIpc) is 2.60. The molecule has 3 heteroatoms. The third-order valence-electron chi connectivity index (χ3n) is 3.44. The van der Waals surface area contributed by atoms with E-state index in [4.69, 9.17) is 0 Å². The van der Waals surface area contributed by atoms with Crippen molar-refractivity contribution in [3.63, 3.8) is 0 Å². The van der Waals surface area contributed by atoms with Gasteiger partial charge in [-0.2, -0.15) is 0 Å². The van der Waals surface area contributed by atoms with Crippen molar-refractivity contribution < 1.29 is 4.79 Å². The number of fused-ring (bicyclic) bond motifs is 5. The van der Waals surface area contributed by atoms with Crippen LogP contribution in [-0.4, -0.2) is 11.2 Å². The SMILES string of the molecule is O=C1NSC2C3CCC(C3)C12. The van der Waals surface area contributed by atoms with Gasteiger partial charge in [0.1, 0.15) is 0 Å². The van der Waals surface area contributed by atoms with E-state index in [0.29, 0.717) is 17.1 Å². The number of carbonyl (C=O) groups excluding carboxylic acids is 1. The highest BCUT2D eigenvalue weighted by atomic mass is 32.2. The lowest BCUT2D eigenvalue weighted by Gasteiger charge is -2.19. The van der Waals surface area contributed by atoms with E-state index in [-0.39, 0.29) is 0 Å². The summed E-state index contributed by atoms with van der Waals surface area (Å²) in [7, 11) is 0. The molecule has 3 fully saturated rings. The molecule has 2 aliphatic carbocycles. The van der Waals surface area contributed by atoms with Crippen molar-refractivity contribution in [2.75, 3.05) is 0 Å². The summed E-state index contributed by atoms with van der Waals surface area (Å²) in [6.07, 6.45) is 4.00. The fourth-order valence-corrected chi connectivity index (χ4v) is 4.29. The number of hydrogen-bond donors (Lipinski definition) is 1. The van der Waals surface area contributed by atoms with Crippen molar-refractivity contribution >= 4 is 17.9 Å². The predicted molar refractivity (Wildman–Crippen MR) is 43.8 cm³/mol. The van der Waals surface area contributed by atoms with Gasteiger partial charge in [-0.05, 0) is 43.0 Å². The second-order valence-corrected chi connectivity index (χ2v) is 4.89. The molecule has 0 radical (unpaired) electrons. The van der Waals surface area contributed by atoms with E-state index in [9.17, 15) is 4.79 Å². The summed E-state index contributed by atoms with van der Waals surface area (Å²) in [6.45, 7) is 0. The summed E-state index contributed by atoms with van der Waals surface area (Å²) in [5.41, 5.74) is 0. The van der Waals surface area contributed by atoms with Crippen molar-refractivity contribution in [2.24, 2.45) is 17.8 Å². The fraction of sp³-hybridized carbons (Fsp3) is 0.875. The standard InChI is InChI=1S/C8H11NOS/c10-8-6-4-1-2-5(3-4)7(6)11-9-8/h4-7H,1-3H2,(H,9,10). The van der Waals surface area contributed by atoms with Gasteiger partial charge in [0.25, 0.3) is 0 Å². The third kappa shape index (κ3) is 0.675. The third-order valence-corrected chi connectivity index (χ3v) is 4.71. The van der Waals surface area contributed by atoms with E-state index >= 15 is 0 Å². The minimum absolute atomic E-state index is 0.312.